The Hall–Kier alpha value is -3.97. The number of nitrogens with zero attached hydrogens (tertiary/aromatic N) is 3. The lowest BCUT2D eigenvalue weighted by molar-refractivity contribution is -0.118. The highest BCUT2D eigenvalue weighted by atomic mass is 32.1. The van der Waals surface area contributed by atoms with Gasteiger partial charge in [0.25, 0.3) is 5.91 Å². The van der Waals surface area contributed by atoms with E-state index in [1.165, 1.54) is 11.3 Å². The molecule has 0 bridgehead atoms. The molecule has 158 valence electrons. The van der Waals surface area contributed by atoms with Crippen LogP contribution in [0.25, 0.3) is 32.7 Å². The fourth-order valence-electron chi connectivity index (χ4n) is 3.46. The summed E-state index contributed by atoms with van der Waals surface area (Å²) in [5.74, 6) is 1.18. The van der Waals surface area contributed by atoms with E-state index in [4.69, 9.17) is 9.72 Å². The second kappa shape index (κ2) is 8.64. The van der Waals surface area contributed by atoms with Gasteiger partial charge in [-0.2, -0.15) is 0 Å². The molecular weight excluding hydrogens is 420 g/mol. The lowest BCUT2D eigenvalue weighted by Crippen LogP contribution is -2.20. The summed E-state index contributed by atoms with van der Waals surface area (Å²) in [4.78, 5) is 22.6. The molecule has 5 rings (SSSR count). The molecule has 0 aliphatic carbocycles. The van der Waals surface area contributed by atoms with Gasteiger partial charge >= 0.3 is 0 Å². The SMILES string of the molecule is Cn1ccnc1-c1sc(NC(=O)COc2ccc3ccccc3c2)nc1-c1ccccc1. The molecule has 0 saturated heterocycles. The average Bonchev–Trinajstić information content (AvgIpc) is 3.44. The number of imidazole rings is 1. The zero-order valence-corrected chi connectivity index (χ0v) is 18.2. The van der Waals surface area contributed by atoms with Crippen LogP contribution in [-0.4, -0.2) is 27.0 Å². The maximum Gasteiger partial charge on any atom is 0.264 e. The lowest BCUT2D eigenvalue weighted by Gasteiger charge is -2.07. The lowest BCUT2D eigenvalue weighted by atomic mass is 10.1. The number of carbonyl (C=O) groups is 1. The number of anilines is 1. The molecule has 0 aliphatic heterocycles. The molecule has 0 spiro atoms. The van der Waals surface area contributed by atoms with Gasteiger partial charge < -0.3 is 9.30 Å². The first kappa shape index (κ1) is 20.0. The van der Waals surface area contributed by atoms with E-state index in [2.05, 4.69) is 10.3 Å². The first-order chi connectivity index (χ1) is 15.7. The molecule has 0 aliphatic rings. The molecule has 1 amide bonds. The number of nitrogens with one attached hydrogen (secondary N) is 1. The van der Waals surface area contributed by atoms with Gasteiger partial charge in [0.15, 0.2) is 17.6 Å². The summed E-state index contributed by atoms with van der Waals surface area (Å²) in [6.07, 6.45) is 3.64. The number of amides is 1. The Kier molecular flexibility index (Phi) is 5.39. The van der Waals surface area contributed by atoms with Crippen molar-refractivity contribution in [1.29, 1.82) is 0 Å². The van der Waals surface area contributed by atoms with Gasteiger partial charge in [-0.25, -0.2) is 9.97 Å². The summed E-state index contributed by atoms with van der Waals surface area (Å²) in [5, 5.41) is 5.57. The van der Waals surface area contributed by atoms with E-state index < -0.39 is 0 Å². The van der Waals surface area contributed by atoms with Crippen molar-refractivity contribution < 1.29 is 9.53 Å². The van der Waals surface area contributed by atoms with Crippen molar-refractivity contribution in [3.63, 3.8) is 0 Å². The van der Waals surface area contributed by atoms with E-state index >= 15 is 0 Å². The third-order valence-electron chi connectivity index (χ3n) is 5.04. The van der Waals surface area contributed by atoms with E-state index in [1.54, 1.807) is 6.20 Å². The van der Waals surface area contributed by atoms with E-state index in [-0.39, 0.29) is 12.5 Å². The Morgan fingerprint density at radius 1 is 1.03 bits per heavy atom. The Labute approximate surface area is 189 Å². The number of hydrogen-bond acceptors (Lipinski definition) is 5. The third-order valence-corrected chi connectivity index (χ3v) is 6.00. The smallest absolute Gasteiger partial charge is 0.264 e. The molecular formula is C25H20N4O2S. The molecule has 0 atom stereocenters. The topological polar surface area (TPSA) is 69.0 Å². The highest BCUT2D eigenvalue weighted by Gasteiger charge is 2.19. The van der Waals surface area contributed by atoms with E-state index in [1.807, 2.05) is 90.6 Å². The molecule has 2 aromatic heterocycles. The van der Waals surface area contributed by atoms with Gasteiger partial charge in [-0.05, 0) is 22.9 Å². The summed E-state index contributed by atoms with van der Waals surface area (Å²) in [6, 6.07) is 23.7. The van der Waals surface area contributed by atoms with Crippen LogP contribution in [0.15, 0.2) is 85.2 Å². The van der Waals surface area contributed by atoms with Gasteiger partial charge in [-0.1, -0.05) is 72.0 Å². The number of fused-ring (bicyclic) bond motifs is 1. The Balaban J connectivity index is 1.35. The number of ether oxygens (including phenoxy) is 1. The summed E-state index contributed by atoms with van der Waals surface area (Å²) in [7, 11) is 1.94. The molecule has 0 radical (unpaired) electrons. The van der Waals surface area contributed by atoms with Crippen molar-refractivity contribution in [3.05, 3.63) is 85.2 Å². The van der Waals surface area contributed by atoms with Gasteiger partial charge in [0, 0.05) is 25.0 Å². The molecule has 0 saturated carbocycles. The normalized spacial score (nSPS) is 10.9. The minimum Gasteiger partial charge on any atom is -0.484 e. The summed E-state index contributed by atoms with van der Waals surface area (Å²) in [5.41, 5.74) is 1.75. The fourth-order valence-corrected chi connectivity index (χ4v) is 4.51. The van der Waals surface area contributed by atoms with E-state index in [0.717, 1.165) is 32.7 Å². The van der Waals surface area contributed by atoms with Gasteiger partial charge in [-0.15, -0.1) is 0 Å². The highest BCUT2D eigenvalue weighted by Crippen LogP contribution is 2.38. The van der Waals surface area contributed by atoms with Gasteiger partial charge in [-0.3, -0.25) is 10.1 Å². The van der Waals surface area contributed by atoms with Crippen molar-refractivity contribution in [3.8, 4) is 27.7 Å². The Morgan fingerprint density at radius 2 is 1.81 bits per heavy atom. The number of rotatable bonds is 6. The van der Waals surface area contributed by atoms with Gasteiger partial charge in [0.05, 0.1) is 10.6 Å². The second-order valence-corrected chi connectivity index (χ2v) is 8.27. The number of aromatic nitrogens is 3. The van der Waals surface area contributed by atoms with Crippen molar-refractivity contribution in [2.75, 3.05) is 11.9 Å². The average molecular weight is 441 g/mol. The largest absolute Gasteiger partial charge is 0.484 e. The van der Waals surface area contributed by atoms with Crippen molar-refractivity contribution in [2.24, 2.45) is 7.05 Å². The summed E-state index contributed by atoms with van der Waals surface area (Å²) < 4.78 is 7.65. The van der Waals surface area contributed by atoms with Crippen LogP contribution in [0.4, 0.5) is 5.13 Å². The molecule has 0 unspecified atom stereocenters. The summed E-state index contributed by atoms with van der Waals surface area (Å²) in [6.45, 7) is -0.101. The van der Waals surface area contributed by atoms with Crippen molar-refractivity contribution >= 4 is 33.1 Å². The van der Waals surface area contributed by atoms with Crippen LogP contribution in [-0.2, 0) is 11.8 Å². The van der Waals surface area contributed by atoms with Gasteiger partial charge in [0.2, 0.25) is 0 Å². The molecule has 5 aromatic rings. The molecule has 32 heavy (non-hydrogen) atoms. The van der Waals surface area contributed by atoms with Crippen LogP contribution in [0.2, 0.25) is 0 Å². The predicted molar refractivity (Wildman–Crippen MR) is 128 cm³/mol. The molecule has 1 N–H and O–H groups in total. The maximum absolute atomic E-state index is 12.6. The van der Waals surface area contributed by atoms with Gasteiger partial charge in [0.1, 0.15) is 5.75 Å². The first-order valence-electron chi connectivity index (χ1n) is 10.1. The number of carbonyl (C=O) groups excluding carboxylic acids is 1. The van der Waals surface area contributed by atoms with Crippen LogP contribution < -0.4 is 10.1 Å². The highest BCUT2D eigenvalue weighted by molar-refractivity contribution is 7.19. The molecule has 6 nitrogen and oxygen atoms in total. The quantitative estimate of drug-likeness (QED) is 0.385. The van der Waals surface area contributed by atoms with Crippen molar-refractivity contribution in [2.45, 2.75) is 0 Å². The Morgan fingerprint density at radius 3 is 2.59 bits per heavy atom. The fraction of sp³-hybridized carbons (Fsp3) is 0.0800. The minimum atomic E-state index is -0.266. The van der Waals surface area contributed by atoms with Crippen LogP contribution in [0.3, 0.4) is 0 Å². The second-order valence-electron chi connectivity index (χ2n) is 7.27. The first-order valence-corrected chi connectivity index (χ1v) is 10.9. The standard InChI is InChI=1S/C25H20N4O2S/c1-29-14-13-26-24(29)23-22(18-8-3-2-4-9-18)28-25(32-23)27-21(30)16-31-20-12-11-17-7-5-6-10-19(17)15-20/h2-15H,16H2,1H3,(H,27,28,30). The van der Waals surface area contributed by atoms with Crippen LogP contribution in [0, 0.1) is 0 Å². The van der Waals surface area contributed by atoms with Crippen LogP contribution in [0.5, 0.6) is 5.75 Å². The molecule has 3 aromatic carbocycles. The monoisotopic (exact) mass is 440 g/mol. The van der Waals surface area contributed by atoms with Crippen LogP contribution in [0.1, 0.15) is 0 Å². The molecule has 0 fully saturated rings. The number of benzene rings is 3. The van der Waals surface area contributed by atoms with Crippen LogP contribution >= 0.6 is 11.3 Å². The van der Waals surface area contributed by atoms with E-state index in [9.17, 15) is 4.79 Å². The number of hydrogen-bond donors (Lipinski definition) is 1. The van der Waals surface area contributed by atoms with E-state index in [0.29, 0.717) is 10.9 Å². The number of thiazole rings is 1. The maximum atomic E-state index is 12.6. The zero-order valence-electron chi connectivity index (χ0n) is 17.4. The predicted octanol–water partition coefficient (Wildman–Crippen LogP) is 5.38. The minimum absolute atomic E-state index is 0.101. The summed E-state index contributed by atoms with van der Waals surface area (Å²) >= 11 is 1.40. The van der Waals surface area contributed by atoms with Crippen molar-refractivity contribution in [1.82, 2.24) is 14.5 Å². The zero-order chi connectivity index (χ0) is 21.9. The number of aryl methyl sites for hydroxylation is 1. The molecule has 7 heteroatoms. The molecule has 2 heterocycles. The Bertz CT molecular complexity index is 1390. The third kappa shape index (κ3) is 4.10.